The van der Waals surface area contributed by atoms with Gasteiger partial charge in [-0.15, -0.1) is 5.10 Å². The molecule has 2 aromatic heterocycles. The van der Waals surface area contributed by atoms with Crippen molar-refractivity contribution in [2.45, 2.75) is 0 Å². The van der Waals surface area contributed by atoms with E-state index in [-0.39, 0.29) is 5.91 Å². The minimum Gasteiger partial charge on any atom is -0.322 e. The van der Waals surface area contributed by atoms with Crippen LogP contribution < -0.4 is 5.32 Å². The van der Waals surface area contributed by atoms with Crippen LogP contribution in [0.3, 0.4) is 0 Å². The van der Waals surface area contributed by atoms with Gasteiger partial charge in [0.05, 0.1) is 11.3 Å². The van der Waals surface area contributed by atoms with Crippen LogP contribution in [-0.4, -0.2) is 31.1 Å². The van der Waals surface area contributed by atoms with Crippen molar-refractivity contribution in [3.05, 3.63) is 60.7 Å². The summed E-state index contributed by atoms with van der Waals surface area (Å²) in [5.41, 5.74) is 1.78. The first-order chi connectivity index (χ1) is 9.84. The Balaban J connectivity index is 1.93. The van der Waals surface area contributed by atoms with E-state index in [4.69, 9.17) is 0 Å². The van der Waals surface area contributed by atoms with E-state index in [2.05, 4.69) is 25.8 Å². The number of anilines is 1. The molecule has 0 bridgehead atoms. The molecule has 1 N–H and O–H groups in total. The number of rotatable bonds is 3. The summed E-state index contributed by atoms with van der Waals surface area (Å²) >= 11 is 0. The minimum atomic E-state index is -0.234. The fourth-order valence-electron chi connectivity index (χ4n) is 1.77. The number of nitrogens with one attached hydrogen (secondary N) is 1. The zero-order chi connectivity index (χ0) is 13.8. The third-order valence-corrected chi connectivity index (χ3v) is 2.68. The number of pyridine rings is 1. The maximum atomic E-state index is 12.3. The Morgan fingerprint density at radius 3 is 2.65 bits per heavy atom. The monoisotopic (exact) mass is 266 g/mol. The Bertz CT molecular complexity index is 711. The van der Waals surface area contributed by atoms with Crippen molar-refractivity contribution in [1.29, 1.82) is 0 Å². The van der Waals surface area contributed by atoms with Gasteiger partial charge in [-0.1, -0.05) is 12.1 Å². The van der Waals surface area contributed by atoms with Gasteiger partial charge in [0.2, 0.25) is 0 Å². The molecule has 7 heteroatoms. The molecule has 1 amide bonds. The van der Waals surface area contributed by atoms with Gasteiger partial charge in [0.1, 0.15) is 6.33 Å². The zero-order valence-electron chi connectivity index (χ0n) is 10.3. The molecule has 0 aliphatic rings. The van der Waals surface area contributed by atoms with Crippen molar-refractivity contribution in [2.24, 2.45) is 0 Å². The summed E-state index contributed by atoms with van der Waals surface area (Å²) in [5, 5.41) is 13.8. The summed E-state index contributed by atoms with van der Waals surface area (Å²) in [4.78, 5) is 16.2. The van der Waals surface area contributed by atoms with Gasteiger partial charge in [-0.3, -0.25) is 9.78 Å². The Labute approximate surface area is 114 Å². The molecular formula is C13H10N6O. The van der Waals surface area contributed by atoms with Crippen molar-refractivity contribution in [3.63, 3.8) is 0 Å². The average molecular weight is 266 g/mol. The van der Waals surface area contributed by atoms with Crippen LogP contribution >= 0.6 is 0 Å². The van der Waals surface area contributed by atoms with Crippen LogP contribution in [0.5, 0.6) is 0 Å². The molecule has 0 atom stereocenters. The number of tetrazole rings is 1. The molecule has 3 rings (SSSR count). The van der Waals surface area contributed by atoms with Gasteiger partial charge >= 0.3 is 0 Å². The van der Waals surface area contributed by atoms with E-state index in [0.717, 1.165) is 0 Å². The molecule has 0 saturated carbocycles. The van der Waals surface area contributed by atoms with E-state index < -0.39 is 0 Å². The molecular weight excluding hydrogens is 256 g/mol. The van der Waals surface area contributed by atoms with Gasteiger partial charge in [-0.25, -0.2) is 0 Å². The summed E-state index contributed by atoms with van der Waals surface area (Å²) in [6, 6.07) is 10.5. The normalized spacial score (nSPS) is 10.2. The van der Waals surface area contributed by atoms with E-state index in [9.17, 15) is 4.79 Å². The van der Waals surface area contributed by atoms with Crippen LogP contribution in [0.1, 0.15) is 10.4 Å². The number of nitrogens with zero attached hydrogens (tertiary/aromatic N) is 5. The van der Waals surface area contributed by atoms with Crippen LogP contribution in [0.4, 0.5) is 5.69 Å². The second kappa shape index (κ2) is 5.27. The topological polar surface area (TPSA) is 85.6 Å². The van der Waals surface area contributed by atoms with E-state index in [0.29, 0.717) is 16.9 Å². The predicted octanol–water partition coefficient (Wildman–Crippen LogP) is 1.31. The van der Waals surface area contributed by atoms with Crippen molar-refractivity contribution in [1.82, 2.24) is 25.2 Å². The molecule has 0 aliphatic heterocycles. The Morgan fingerprint density at radius 2 is 1.90 bits per heavy atom. The van der Waals surface area contributed by atoms with Crippen LogP contribution in [0.25, 0.3) is 5.69 Å². The van der Waals surface area contributed by atoms with Gasteiger partial charge in [-0.2, -0.15) is 4.68 Å². The maximum Gasteiger partial charge on any atom is 0.257 e. The molecule has 0 spiro atoms. The second-order valence-electron chi connectivity index (χ2n) is 3.96. The first-order valence-corrected chi connectivity index (χ1v) is 5.88. The van der Waals surface area contributed by atoms with Crippen molar-refractivity contribution >= 4 is 11.6 Å². The lowest BCUT2D eigenvalue weighted by Crippen LogP contribution is -2.15. The molecule has 0 radical (unpaired) electrons. The predicted molar refractivity (Wildman–Crippen MR) is 71.3 cm³/mol. The lowest BCUT2D eigenvalue weighted by molar-refractivity contribution is 0.102. The van der Waals surface area contributed by atoms with E-state index in [1.54, 1.807) is 42.7 Å². The highest BCUT2D eigenvalue weighted by Crippen LogP contribution is 2.15. The summed E-state index contributed by atoms with van der Waals surface area (Å²) in [7, 11) is 0. The second-order valence-corrected chi connectivity index (χ2v) is 3.96. The summed E-state index contributed by atoms with van der Waals surface area (Å²) in [6.45, 7) is 0. The van der Waals surface area contributed by atoms with Gasteiger partial charge in [-0.05, 0) is 34.7 Å². The van der Waals surface area contributed by atoms with Gasteiger partial charge < -0.3 is 5.32 Å². The number of benzene rings is 1. The Hall–Kier alpha value is -3.09. The smallest absolute Gasteiger partial charge is 0.257 e. The molecule has 98 valence electrons. The van der Waals surface area contributed by atoms with Gasteiger partial charge in [0.15, 0.2) is 0 Å². The lowest BCUT2D eigenvalue weighted by Gasteiger charge is -2.09. The standard InChI is InChI=1S/C13H10N6O/c20-13(16-10-5-7-14-8-6-10)11-3-1-2-4-12(11)19-9-15-17-18-19/h1-9H,(H,14,16,20). The summed E-state index contributed by atoms with van der Waals surface area (Å²) in [6.07, 6.45) is 4.67. The number of amides is 1. The van der Waals surface area contributed by atoms with Crippen molar-refractivity contribution < 1.29 is 4.79 Å². The summed E-state index contributed by atoms with van der Waals surface area (Å²) < 4.78 is 1.45. The van der Waals surface area contributed by atoms with E-state index >= 15 is 0 Å². The average Bonchev–Trinajstić information content (AvgIpc) is 3.02. The molecule has 0 fully saturated rings. The van der Waals surface area contributed by atoms with Crippen molar-refractivity contribution in [2.75, 3.05) is 5.32 Å². The SMILES string of the molecule is O=C(Nc1ccncc1)c1ccccc1-n1cnnn1. The number of para-hydroxylation sites is 1. The van der Waals surface area contributed by atoms with Crippen LogP contribution in [-0.2, 0) is 0 Å². The molecule has 2 heterocycles. The van der Waals surface area contributed by atoms with Gasteiger partial charge in [0, 0.05) is 18.1 Å². The largest absolute Gasteiger partial charge is 0.322 e. The lowest BCUT2D eigenvalue weighted by atomic mass is 10.1. The molecule has 0 saturated heterocycles. The quantitative estimate of drug-likeness (QED) is 0.772. The highest BCUT2D eigenvalue weighted by Gasteiger charge is 2.13. The molecule has 3 aromatic rings. The van der Waals surface area contributed by atoms with Crippen molar-refractivity contribution in [3.8, 4) is 5.69 Å². The van der Waals surface area contributed by atoms with Crippen LogP contribution in [0.2, 0.25) is 0 Å². The number of carbonyl (C=O) groups is 1. The highest BCUT2D eigenvalue weighted by molar-refractivity contribution is 6.06. The third-order valence-electron chi connectivity index (χ3n) is 2.68. The first-order valence-electron chi connectivity index (χ1n) is 5.88. The fourth-order valence-corrected chi connectivity index (χ4v) is 1.77. The summed E-state index contributed by atoms with van der Waals surface area (Å²) in [5.74, 6) is -0.234. The van der Waals surface area contributed by atoms with E-state index in [1.807, 2.05) is 6.07 Å². The number of aromatic nitrogens is 5. The fraction of sp³-hybridized carbons (Fsp3) is 0. The molecule has 1 aromatic carbocycles. The van der Waals surface area contributed by atoms with E-state index in [1.165, 1.54) is 11.0 Å². The van der Waals surface area contributed by atoms with Gasteiger partial charge in [0.25, 0.3) is 5.91 Å². The van der Waals surface area contributed by atoms with Crippen LogP contribution in [0.15, 0.2) is 55.1 Å². The maximum absolute atomic E-state index is 12.3. The minimum absolute atomic E-state index is 0.234. The van der Waals surface area contributed by atoms with Crippen LogP contribution in [0, 0.1) is 0 Å². The molecule has 7 nitrogen and oxygen atoms in total. The zero-order valence-corrected chi connectivity index (χ0v) is 10.3. The molecule has 0 aliphatic carbocycles. The number of carbonyl (C=O) groups excluding carboxylic acids is 1. The Morgan fingerprint density at radius 1 is 1.10 bits per heavy atom. The molecule has 20 heavy (non-hydrogen) atoms. The number of hydrogen-bond acceptors (Lipinski definition) is 5. The highest BCUT2D eigenvalue weighted by atomic mass is 16.1. The first kappa shape index (κ1) is 12.0. The Kier molecular flexibility index (Phi) is 3.15. The third kappa shape index (κ3) is 2.37. The number of hydrogen-bond donors (Lipinski definition) is 1. The molecule has 0 unspecified atom stereocenters.